The second kappa shape index (κ2) is 7.62. The molecule has 0 saturated carbocycles. The van der Waals surface area contributed by atoms with Gasteiger partial charge in [0, 0.05) is 18.7 Å². The number of oxazole rings is 1. The number of alkyl halides is 3. The predicted molar refractivity (Wildman–Crippen MR) is 111 cm³/mol. The first kappa shape index (κ1) is 21.5. The number of carbonyl (C=O) groups is 1. The van der Waals surface area contributed by atoms with E-state index in [4.69, 9.17) is 16.0 Å². The van der Waals surface area contributed by atoms with Crippen molar-refractivity contribution >= 4 is 23.0 Å². The number of carbonyl (C=O) groups excluding carboxylic acids is 1. The van der Waals surface area contributed by atoms with Crippen LogP contribution >= 0.6 is 11.6 Å². The lowest BCUT2D eigenvalue weighted by atomic mass is 9.99. The number of hydrogen-bond donors (Lipinski definition) is 1. The number of amides is 1. The highest BCUT2D eigenvalue weighted by Gasteiger charge is 2.41. The molecule has 0 aliphatic carbocycles. The summed E-state index contributed by atoms with van der Waals surface area (Å²) >= 11 is 6.24. The summed E-state index contributed by atoms with van der Waals surface area (Å²) in [7, 11) is 0. The Kier molecular flexibility index (Phi) is 4.96. The van der Waals surface area contributed by atoms with E-state index in [1.54, 1.807) is 24.3 Å². The molecule has 4 aromatic heterocycles. The molecule has 12 heteroatoms. The molecule has 172 valence electrons. The molecule has 1 atom stereocenters. The van der Waals surface area contributed by atoms with Gasteiger partial charge in [0.05, 0.1) is 23.2 Å². The van der Waals surface area contributed by atoms with Crippen LogP contribution in [0, 0.1) is 0 Å². The Morgan fingerprint density at radius 2 is 2.15 bits per heavy atom. The Labute approximate surface area is 190 Å². The molecule has 1 N–H and O–H groups in total. The van der Waals surface area contributed by atoms with Crippen LogP contribution in [0.15, 0.2) is 35.0 Å². The van der Waals surface area contributed by atoms with Gasteiger partial charge < -0.3 is 14.3 Å². The lowest BCUT2D eigenvalue weighted by molar-refractivity contribution is 0.0630. The second-order valence-corrected chi connectivity index (χ2v) is 8.57. The van der Waals surface area contributed by atoms with Crippen molar-refractivity contribution in [3.05, 3.63) is 70.2 Å². The molecule has 5 rings (SSSR count). The molecule has 0 saturated heterocycles. The molecule has 0 radical (unpaired) electrons. The third kappa shape index (κ3) is 3.56. The molecule has 1 amide bonds. The van der Waals surface area contributed by atoms with Gasteiger partial charge in [-0.15, -0.1) is 0 Å². The molecular formula is C21H18ClF3N6O2. The van der Waals surface area contributed by atoms with E-state index in [1.807, 2.05) is 0 Å². The SMILES string of the molecule is CC(C)(F)c1nc(C(F)F)c(C(=O)N2CCc3[nH]cnc3C2c2cc3cccc(Cl)n3n2)o1. The molecule has 0 bridgehead atoms. The number of pyridine rings is 1. The number of H-pyrrole nitrogens is 1. The minimum absolute atomic E-state index is 0.165. The Morgan fingerprint density at radius 3 is 2.85 bits per heavy atom. The van der Waals surface area contributed by atoms with Gasteiger partial charge in [0.2, 0.25) is 11.7 Å². The predicted octanol–water partition coefficient (Wildman–Crippen LogP) is 4.63. The van der Waals surface area contributed by atoms with Crippen LogP contribution in [0.5, 0.6) is 0 Å². The maximum atomic E-state index is 14.4. The van der Waals surface area contributed by atoms with Crippen LogP contribution in [-0.2, 0) is 12.1 Å². The van der Waals surface area contributed by atoms with E-state index in [0.717, 1.165) is 19.5 Å². The summed E-state index contributed by atoms with van der Waals surface area (Å²) in [5.41, 5.74) is -0.597. The zero-order valence-corrected chi connectivity index (χ0v) is 18.3. The summed E-state index contributed by atoms with van der Waals surface area (Å²) in [4.78, 5) is 25.8. The summed E-state index contributed by atoms with van der Waals surface area (Å²) in [6, 6.07) is 6.16. The number of nitrogens with one attached hydrogen (secondary N) is 1. The number of rotatable bonds is 4. The Bertz CT molecular complexity index is 1360. The maximum absolute atomic E-state index is 14.4. The number of hydrogen-bond acceptors (Lipinski definition) is 5. The highest BCUT2D eigenvalue weighted by Crippen LogP contribution is 2.37. The number of fused-ring (bicyclic) bond motifs is 2. The molecule has 1 aliphatic heterocycles. The molecule has 8 nitrogen and oxygen atoms in total. The Hall–Kier alpha value is -3.34. The average Bonchev–Trinajstić information content (AvgIpc) is 3.49. The van der Waals surface area contributed by atoms with Gasteiger partial charge in [-0.1, -0.05) is 17.7 Å². The quantitative estimate of drug-likeness (QED) is 0.432. The standard InChI is InChI=1S/C21H18ClF3N6O2/c1-21(2,25)20-28-15(18(23)24)17(33-20)19(32)30-7-6-11-14(27-9-26-11)16(30)12-8-10-4-3-5-13(22)31(10)29-12/h3-5,8-9,16,18H,6-7H2,1-2H3,(H,26,27). The van der Waals surface area contributed by atoms with E-state index < -0.39 is 41.4 Å². The topological polar surface area (TPSA) is 92.3 Å². The zero-order valence-electron chi connectivity index (χ0n) is 17.5. The molecule has 1 unspecified atom stereocenters. The van der Waals surface area contributed by atoms with Crippen LogP contribution in [0.4, 0.5) is 13.2 Å². The van der Waals surface area contributed by atoms with Crippen molar-refractivity contribution in [2.75, 3.05) is 6.54 Å². The zero-order chi connectivity index (χ0) is 23.5. The van der Waals surface area contributed by atoms with Gasteiger partial charge >= 0.3 is 0 Å². The minimum atomic E-state index is -3.12. The first-order valence-electron chi connectivity index (χ1n) is 10.1. The van der Waals surface area contributed by atoms with Crippen molar-refractivity contribution in [2.45, 2.75) is 38.4 Å². The van der Waals surface area contributed by atoms with Crippen molar-refractivity contribution in [3.63, 3.8) is 0 Å². The summed E-state index contributed by atoms with van der Waals surface area (Å²) in [6.45, 7) is 2.39. The number of halogens is 4. The number of aromatic nitrogens is 5. The molecule has 0 aromatic carbocycles. The third-order valence-electron chi connectivity index (χ3n) is 5.49. The van der Waals surface area contributed by atoms with Crippen molar-refractivity contribution < 1.29 is 22.4 Å². The van der Waals surface area contributed by atoms with Crippen LogP contribution in [0.3, 0.4) is 0 Å². The molecule has 0 spiro atoms. The largest absolute Gasteiger partial charge is 0.431 e. The average molecular weight is 479 g/mol. The fourth-order valence-electron chi connectivity index (χ4n) is 3.95. The first-order chi connectivity index (χ1) is 15.6. The van der Waals surface area contributed by atoms with Gasteiger partial charge in [-0.2, -0.15) is 5.10 Å². The second-order valence-electron chi connectivity index (χ2n) is 8.18. The van der Waals surface area contributed by atoms with Crippen LogP contribution in [-0.4, -0.2) is 41.9 Å². The molecule has 5 heterocycles. The highest BCUT2D eigenvalue weighted by atomic mass is 35.5. The van der Waals surface area contributed by atoms with Crippen LogP contribution in [0.25, 0.3) is 5.52 Å². The summed E-state index contributed by atoms with van der Waals surface area (Å²) in [6.07, 6.45) is -1.22. The minimum Gasteiger partial charge on any atom is -0.431 e. The van der Waals surface area contributed by atoms with Crippen LogP contribution in [0.1, 0.15) is 65.5 Å². The van der Waals surface area contributed by atoms with E-state index >= 15 is 0 Å². The first-order valence-corrected chi connectivity index (χ1v) is 10.5. The summed E-state index contributed by atoms with van der Waals surface area (Å²) < 4.78 is 48.5. The van der Waals surface area contributed by atoms with E-state index in [2.05, 4.69) is 20.1 Å². The molecule has 4 aromatic rings. The molecular weight excluding hydrogens is 461 g/mol. The fourth-order valence-corrected chi connectivity index (χ4v) is 4.16. The summed E-state index contributed by atoms with van der Waals surface area (Å²) in [5.74, 6) is -2.14. The number of imidazole rings is 1. The van der Waals surface area contributed by atoms with E-state index in [-0.39, 0.29) is 6.54 Å². The normalized spacial score (nSPS) is 16.6. The number of nitrogens with zero attached hydrogens (tertiary/aromatic N) is 5. The van der Waals surface area contributed by atoms with Gasteiger partial charge in [0.15, 0.2) is 11.4 Å². The maximum Gasteiger partial charge on any atom is 0.292 e. The van der Waals surface area contributed by atoms with E-state index in [9.17, 15) is 18.0 Å². The Morgan fingerprint density at radius 1 is 1.36 bits per heavy atom. The highest BCUT2D eigenvalue weighted by molar-refractivity contribution is 6.29. The van der Waals surface area contributed by atoms with Crippen molar-refractivity contribution in [3.8, 4) is 0 Å². The molecule has 1 aliphatic rings. The van der Waals surface area contributed by atoms with Gasteiger partial charge in [0.25, 0.3) is 12.3 Å². The smallest absolute Gasteiger partial charge is 0.292 e. The van der Waals surface area contributed by atoms with Gasteiger partial charge in [-0.3, -0.25) is 4.79 Å². The summed E-state index contributed by atoms with van der Waals surface area (Å²) in [5, 5.41) is 4.89. The molecule has 0 fully saturated rings. The third-order valence-corrected chi connectivity index (χ3v) is 5.77. The van der Waals surface area contributed by atoms with Crippen molar-refractivity contribution in [2.24, 2.45) is 0 Å². The molecule has 33 heavy (non-hydrogen) atoms. The van der Waals surface area contributed by atoms with Crippen molar-refractivity contribution in [1.29, 1.82) is 0 Å². The van der Waals surface area contributed by atoms with E-state index in [1.165, 1.54) is 15.7 Å². The van der Waals surface area contributed by atoms with Gasteiger partial charge in [-0.05, 0) is 32.0 Å². The van der Waals surface area contributed by atoms with Crippen LogP contribution in [0.2, 0.25) is 5.15 Å². The fraction of sp³-hybridized carbons (Fsp3) is 0.333. The van der Waals surface area contributed by atoms with E-state index in [0.29, 0.717) is 28.5 Å². The lowest BCUT2D eigenvalue weighted by Crippen LogP contribution is -2.41. The van der Waals surface area contributed by atoms with Crippen LogP contribution < -0.4 is 0 Å². The van der Waals surface area contributed by atoms with Gasteiger partial charge in [-0.25, -0.2) is 27.7 Å². The number of aromatic amines is 1. The monoisotopic (exact) mass is 478 g/mol. The lowest BCUT2D eigenvalue weighted by Gasteiger charge is -2.33. The Balaban J connectivity index is 1.63. The van der Waals surface area contributed by atoms with Crippen molar-refractivity contribution in [1.82, 2.24) is 29.5 Å². The van der Waals surface area contributed by atoms with Gasteiger partial charge in [0.1, 0.15) is 11.2 Å².